The van der Waals surface area contributed by atoms with Gasteiger partial charge in [0.1, 0.15) is 17.1 Å². The zero-order valence-electron chi connectivity index (χ0n) is 18.5. The van der Waals surface area contributed by atoms with Gasteiger partial charge >= 0.3 is 6.18 Å². The van der Waals surface area contributed by atoms with Gasteiger partial charge in [-0.2, -0.15) is 13.2 Å². The van der Waals surface area contributed by atoms with Crippen molar-refractivity contribution >= 4 is 11.0 Å². The second-order valence-electron chi connectivity index (χ2n) is 8.71. The number of likely N-dealkylation sites (tertiary alicyclic amines) is 1. The van der Waals surface area contributed by atoms with Crippen LogP contribution in [0, 0.1) is 13.8 Å². The van der Waals surface area contributed by atoms with E-state index < -0.39 is 17.5 Å². The summed E-state index contributed by atoms with van der Waals surface area (Å²) in [4.78, 5) is 6.38. The van der Waals surface area contributed by atoms with Crippen molar-refractivity contribution in [2.75, 3.05) is 20.2 Å². The molecule has 0 radical (unpaired) electrons. The number of pyridine rings is 1. The van der Waals surface area contributed by atoms with Crippen molar-refractivity contribution in [3.63, 3.8) is 0 Å². The maximum absolute atomic E-state index is 13.6. The number of piperidine rings is 1. The minimum absolute atomic E-state index is 0.128. The molecule has 1 aliphatic heterocycles. The smallest absolute Gasteiger partial charge is 0.431 e. The molecular formula is C24H28F3N3O2. The summed E-state index contributed by atoms with van der Waals surface area (Å²) < 4.78 is 47.4. The number of hydrogen-bond donors (Lipinski definition) is 1. The molecule has 5 nitrogen and oxygen atoms in total. The summed E-state index contributed by atoms with van der Waals surface area (Å²) in [5.74, 6) is 0.854. The van der Waals surface area contributed by atoms with Crippen LogP contribution in [0.4, 0.5) is 13.2 Å². The lowest BCUT2D eigenvalue weighted by Gasteiger charge is -2.39. The molecule has 1 fully saturated rings. The number of alkyl halides is 3. The molecule has 0 saturated carbocycles. The maximum atomic E-state index is 13.6. The molecule has 0 bridgehead atoms. The van der Waals surface area contributed by atoms with E-state index in [4.69, 9.17) is 4.74 Å². The van der Waals surface area contributed by atoms with Crippen LogP contribution in [0.1, 0.15) is 35.2 Å². The highest BCUT2D eigenvalue weighted by Gasteiger charge is 2.39. The third-order valence-electron chi connectivity index (χ3n) is 6.65. The predicted molar refractivity (Wildman–Crippen MR) is 117 cm³/mol. The average molecular weight is 448 g/mol. The van der Waals surface area contributed by atoms with E-state index in [1.54, 1.807) is 19.2 Å². The van der Waals surface area contributed by atoms with Crippen molar-refractivity contribution in [1.82, 2.24) is 14.5 Å². The number of fused-ring (bicyclic) bond motifs is 1. The highest BCUT2D eigenvalue weighted by atomic mass is 19.4. The normalized spacial score (nSPS) is 17.1. The highest BCUT2D eigenvalue weighted by molar-refractivity contribution is 5.77. The zero-order valence-corrected chi connectivity index (χ0v) is 18.5. The van der Waals surface area contributed by atoms with Gasteiger partial charge in [0.25, 0.3) is 0 Å². The lowest BCUT2D eigenvalue weighted by Crippen LogP contribution is -2.47. The topological polar surface area (TPSA) is 50.5 Å². The number of aliphatic hydroxyl groups is 1. The Morgan fingerprint density at radius 1 is 1.12 bits per heavy atom. The predicted octanol–water partition coefficient (Wildman–Crippen LogP) is 4.71. The largest absolute Gasteiger partial charge is 0.496 e. The zero-order chi connectivity index (χ0) is 23.1. The molecule has 32 heavy (non-hydrogen) atoms. The minimum atomic E-state index is -4.51. The molecule has 0 spiro atoms. The van der Waals surface area contributed by atoms with Gasteiger partial charge in [0.05, 0.1) is 19.3 Å². The van der Waals surface area contributed by atoms with Gasteiger partial charge in [-0.15, -0.1) is 0 Å². The summed E-state index contributed by atoms with van der Waals surface area (Å²) in [5.41, 5.74) is 1.72. The molecule has 172 valence electrons. The number of nitrogens with zero attached hydrogens (tertiary/aromatic N) is 3. The Bertz CT molecular complexity index is 1120. The van der Waals surface area contributed by atoms with Crippen LogP contribution >= 0.6 is 0 Å². The van der Waals surface area contributed by atoms with E-state index in [9.17, 15) is 18.3 Å². The average Bonchev–Trinajstić information content (AvgIpc) is 3.12. The molecule has 1 aromatic carbocycles. The Morgan fingerprint density at radius 3 is 2.50 bits per heavy atom. The van der Waals surface area contributed by atoms with Gasteiger partial charge in [0.2, 0.25) is 0 Å². The first-order chi connectivity index (χ1) is 15.1. The fraction of sp³-hybridized carbons (Fsp3) is 0.458. The van der Waals surface area contributed by atoms with E-state index >= 15 is 0 Å². The fourth-order valence-corrected chi connectivity index (χ4v) is 4.55. The number of rotatable bonds is 5. The summed E-state index contributed by atoms with van der Waals surface area (Å²) in [6, 6.07) is 8.34. The van der Waals surface area contributed by atoms with E-state index in [2.05, 4.69) is 22.9 Å². The van der Waals surface area contributed by atoms with E-state index in [0.717, 1.165) is 28.5 Å². The first kappa shape index (κ1) is 22.6. The van der Waals surface area contributed by atoms with Crippen LogP contribution in [0.5, 0.6) is 5.75 Å². The lowest BCUT2D eigenvalue weighted by atomic mass is 9.90. The first-order valence-corrected chi connectivity index (χ1v) is 10.7. The molecule has 1 aliphatic rings. The highest BCUT2D eigenvalue weighted by Crippen LogP contribution is 2.36. The molecule has 0 amide bonds. The van der Waals surface area contributed by atoms with E-state index in [-0.39, 0.29) is 12.2 Å². The van der Waals surface area contributed by atoms with Gasteiger partial charge in [-0.1, -0.05) is 6.07 Å². The van der Waals surface area contributed by atoms with Crippen molar-refractivity contribution in [3.05, 3.63) is 58.9 Å². The molecule has 3 heterocycles. The van der Waals surface area contributed by atoms with Crippen LogP contribution in [-0.2, 0) is 19.3 Å². The molecule has 0 unspecified atom stereocenters. The summed E-state index contributed by atoms with van der Waals surface area (Å²) in [6.07, 6.45) is -2.25. The first-order valence-electron chi connectivity index (χ1n) is 10.7. The number of aromatic nitrogens is 2. The standard InChI is InChI=1S/C24H28F3N3O2/c1-16-17(2)20(32-3)7-6-19(16)14-29-11-8-23(31,9-12-29)15-30-21(24(25,26)27)13-18-5-4-10-28-22(18)30/h4-7,10,13,31H,8-9,11-12,14-15H2,1-3H3. The molecule has 4 rings (SSSR count). The number of halogens is 3. The quantitative estimate of drug-likeness (QED) is 0.616. The van der Waals surface area contributed by atoms with Gasteiger partial charge < -0.3 is 14.4 Å². The SMILES string of the molecule is COc1ccc(CN2CCC(O)(Cn3c(C(F)(F)F)cc4cccnc43)CC2)c(C)c1C. The van der Waals surface area contributed by atoms with Crippen LogP contribution in [-0.4, -0.2) is 45.4 Å². The van der Waals surface area contributed by atoms with Gasteiger partial charge in [-0.25, -0.2) is 4.98 Å². The summed E-state index contributed by atoms with van der Waals surface area (Å²) in [7, 11) is 1.65. The van der Waals surface area contributed by atoms with Gasteiger partial charge in [-0.3, -0.25) is 4.90 Å². The van der Waals surface area contributed by atoms with Crippen molar-refractivity contribution < 1.29 is 23.0 Å². The van der Waals surface area contributed by atoms with Crippen LogP contribution in [0.15, 0.2) is 36.5 Å². The Hall–Kier alpha value is -2.58. The summed E-state index contributed by atoms with van der Waals surface area (Å²) in [5, 5.41) is 11.6. The van der Waals surface area contributed by atoms with Gasteiger partial charge in [-0.05, 0) is 67.6 Å². The van der Waals surface area contributed by atoms with Crippen molar-refractivity contribution in [2.45, 2.75) is 51.6 Å². The Balaban J connectivity index is 1.49. The van der Waals surface area contributed by atoms with Crippen molar-refractivity contribution in [3.8, 4) is 5.75 Å². The summed E-state index contributed by atoms with van der Waals surface area (Å²) in [6.45, 7) is 5.91. The molecule has 3 aromatic rings. The number of benzene rings is 1. The third-order valence-corrected chi connectivity index (χ3v) is 6.65. The lowest BCUT2D eigenvalue weighted by molar-refractivity contribution is -0.145. The molecule has 0 atom stereocenters. The minimum Gasteiger partial charge on any atom is -0.496 e. The molecule has 2 aromatic heterocycles. The Labute approximate surface area is 185 Å². The van der Waals surface area contributed by atoms with Gasteiger partial charge in [0.15, 0.2) is 0 Å². The summed E-state index contributed by atoms with van der Waals surface area (Å²) >= 11 is 0. The second kappa shape index (κ2) is 8.41. The van der Waals surface area contributed by atoms with E-state index in [1.165, 1.54) is 17.3 Å². The van der Waals surface area contributed by atoms with Crippen LogP contribution < -0.4 is 4.74 Å². The van der Waals surface area contributed by atoms with Crippen molar-refractivity contribution in [2.24, 2.45) is 0 Å². The molecular weight excluding hydrogens is 419 g/mol. The monoisotopic (exact) mass is 447 g/mol. The fourth-order valence-electron chi connectivity index (χ4n) is 4.55. The molecule has 8 heteroatoms. The van der Waals surface area contributed by atoms with Crippen LogP contribution in [0.3, 0.4) is 0 Å². The Morgan fingerprint density at radius 2 is 1.84 bits per heavy atom. The molecule has 0 aliphatic carbocycles. The number of methoxy groups -OCH3 is 1. The molecule has 1 saturated heterocycles. The Kier molecular flexibility index (Phi) is 5.94. The van der Waals surface area contributed by atoms with Crippen LogP contribution in [0.2, 0.25) is 0 Å². The number of ether oxygens (including phenoxy) is 1. The van der Waals surface area contributed by atoms with Crippen LogP contribution in [0.25, 0.3) is 11.0 Å². The van der Waals surface area contributed by atoms with Gasteiger partial charge in [0, 0.05) is 31.2 Å². The second-order valence-corrected chi connectivity index (χ2v) is 8.71. The van der Waals surface area contributed by atoms with E-state index in [0.29, 0.717) is 31.3 Å². The van der Waals surface area contributed by atoms with Crippen molar-refractivity contribution in [1.29, 1.82) is 0 Å². The maximum Gasteiger partial charge on any atom is 0.431 e. The number of hydrogen-bond acceptors (Lipinski definition) is 4. The third kappa shape index (κ3) is 4.34. The molecule has 1 N–H and O–H groups in total. The van der Waals surface area contributed by atoms with E-state index in [1.807, 2.05) is 13.0 Å².